The molecule has 0 saturated heterocycles. The van der Waals surface area contributed by atoms with E-state index in [1.165, 1.54) is 0 Å². The minimum atomic E-state index is -0.107. The van der Waals surface area contributed by atoms with Gasteiger partial charge in [0.1, 0.15) is 5.75 Å². The Morgan fingerprint density at radius 2 is 2.05 bits per heavy atom. The lowest BCUT2D eigenvalue weighted by Gasteiger charge is -2.26. The van der Waals surface area contributed by atoms with Crippen LogP contribution in [0.5, 0.6) is 5.75 Å². The third kappa shape index (κ3) is 4.24. The van der Waals surface area contributed by atoms with Gasteiger partial charge in [0.05, 0.1) is 6.61 Å². The molecular formula is C15H23NO3. The molecule has 0 aromatic heterocycles. The topological polar surface area (TPSA) is 49.8 Å². The van der Waals surface area contributed by atoms with E-state index in [0.29, 0.717) is 6.54 Å². The average molecular weight is 265 g/mol. The minimum absolute atomic E-state index is 0.00245. The van der Waals surface area contributed by atoms with Gasteiger partial charge in [-0.3, -0.25) is 4.79 Å². The summed E-state index contributed by atoms with van der Waals surface area (Å²) in [5.41, 5.74) is 2.19. The van der Waals surface area contributed by atoms with Crippen LogP contribution in [-0.4, -0.2) is 41.7 Å². The highest BCUT2D eigenvalue weighted by Gasteiger charge is 2.17. The van der Waals surface area contributed by atoms with E-state index in [-0.39, 0.29) is 25.2 Å². The van der Waals surface area contributed by atoms with Crippen molar-refractivity contribution in [3.05, 3.63) is 29.3 Å². The third-order valence-corrected chi connectivity index (χ3v) is 3.19. The van der Waals surface area contributed by atoms with Gasteiger partial charge in [-0.15, -0.1) is 0 Å². The first kappa shape index (κ1) is 15.5. The number of aliphatic hydroxyl groups is 1. The van der Waals surface area contributed by atoms with Gasteiger partial charge in [0, 0.05) is 12.6 Å². The van der Waals surface area contributed by atoms with Gasteiger partial charge in [-0.2, -0.15) is 0 Å². The fourth-order valence-electron chi connectivity index (χ4n) is 1.88. The molecule has 0 unspecified atom stereocenters. The van der Waals surface area contributed by atoms with Crippen LogP contribution in [0.1, 0.15) is 25.0 Å². The van der Waals surface area contributed by atoms with Crippen LogP contribution in [0.4, 0.5) is 0 Å². The van der Waals surface area contributed by atoms with E-state index in [9.17, 15) is 4.79 Å². The molecule has 1 amide bonds. The fourth-order valence-corrected chi connectivity index (χ4v) is 1.88. The van der Waals surface area contributed by atoms with Crippen molar-refractivity contribution in [1.29, 1.82) is 0 Å². The SMILES string of the molecule is Cc1cccc(OCC(=O)N(CCO)C(C)C)c1C. The summed E-state index contributed by atoms with van der Waals surface area (Å²) in [5, 5.41) is 8.97. The number of carbonyl (C=O) groups excluding carboxylic acids is 1. The van der Waals surface area contributed by atoms with Crippen molar-refractivity contribution in [3.8, 4) is 5.75 Å². The number of aryl methyl sites for hydroxylation is 1. The predicted octanol–water partition coefficient (Wildman–Crippen LogP) is 1.91. The summed E-state index contributed by atoms with van der Waals surface area (Å²) in [6.45, 7) is 8.14. The molecule has 0 fully saturated rings. The average Bonchev–Trinajstić information content (AvgIpc) is 2.37. The van der Waals surface area contributed by atoms with Gasteiger partial charge in [0.15, 0.2) is 6.61 Å². The van der Waals surface area contributed by atoms with Gasteiger partial charge in [-0.1, -0.05) is 12.1 Å². The molecule has 0 radical (unpaired) electrons. The zero-order valence-corrected chi connectivity index (χ0v) is 12.1. The number of nitrogens with zero attached hydrogens (tertiary/aromatic N) is 1. The maximum atomic E-state index is 12.0. The van der Waals surface area contributed by atoms with Gasteiger partial charge >= 0.3 is 0 Å². The molecule has 0 saturated carbocycles. The Hall–Kier alpha value is -1.55. The smallest absolute Gasteiger partial charge is 0.260 e. The number of ether oxygens (including phenoxy) is 1. The zero-order valence-electron chi connectivity index (χ0n) is 12.1. The molecule has 0 atom stereocenters. The first-order chi connectivity index (χ1) is 8.97. The van der Waals surface area contributed by atoms with Crippen LogP contribution >= 0.6 is 0 Å². The maximum absolute atomic E-state index is 12.0. The molecule has 1 aromatic rings. The van der Waals surface area contributed by atoms with Crippen LogP contribution in [0.2, 0.25) is 0 Å². The van der Waals surface area contributed by atoms with Crippen LogP contribution < -0.4 is 4.74 Å². The standard InChI is InChI=1S/C15H23NO3/c1-11(2)16(8-9-17)15(18)10-19-14-7-5-6-12(3)13(14)4/h5-7,11,17H,8-10H2,1-4H3. The van der Waals surface area contributed by atoms with E-state index < -0.39 is 0 Å². The van der Waals surface area contributed by atoms with Crippen LogP contribution in [0.25, 0.3) is 0 Å². The van der Waals surface area contributed by atoms with Crippen LogP contribution in [0, 0.1) is 13.8 Å². The first-order valence-corrected chi connectivity index (χ1v) is 6.56. The summed E-state index contributed by atoms with van der Waals surface area (Å²) in [6, 6.07) is 5.84. The van der Waals surface area contributed by atoms with Gasteiger partial charge < -0.3 is 14.7 Å². The Labute approximate surface area is 115 Å². The number of aliphatic hydroxyl groups excluding tert-OH is 1. The van der Waals surface area contributed by atoms with Crippen molar-refractivity contribution in [2.24, 2.45) is 0 Å². The molecule has 106 valence electrons. The summed E-state index contributed by atoms with van der Waals surface area (Å²) in [4.78, 5) is 13.7. The maximum Gasteiger partial charge on any atom is 0.260 e. The van der Waals surface area contributed by atoms with Crippen molar-refractivity contribution in [2.75, 3.05) is 19.8 Å². The van der Waals surface area contributed by atoms with E-state index in [4.69, 9.17) is 9.84 Å². The summed E-state index contributed by atoms with van der Waals surface area (Å²) < 4.78 is 5.58. The number of rotatable bonds is 6. The first-order valence-electron chi connectivity index (χ1n) is 6.56. The van der Waals surface area contributed by atoms with E-state index in [2.05, 4.69) is 0 Å². The summed E-state index contributed by atoms with van der Waals surface area (Å²) in [5.74, 6) is 0.631. The second-order valence-electron chi connectivity index (χ2n) is 4.89. The lowest BCUT2D eigenvalue weighted by atomic mass is 10.1. The number of amides is 1. The molecule has 1 N–H and O–H groups in total. The number of hydrogen-bond acceptors (Lipinski definition) is 3. The minimum Gasteiger partial charge on any atom is -0.483 e. The zero-order chi connectivity index (χ0) is 14.4. The molecule has 0 aliphatic carbocycles. The predicted molar refractivity (Wildman–Crippen MR) is 75.3 cm³/mol. The Bertz CT molecular complexity index is 429. The van der Waals surface area contributed by atoms with Crippen molar-refractivity contribution >= 4 is 5.91 Å². The van der Waals surface area contributed by atoms with E-state index in [1.54, 1.807) is 4.90 Å². The lowest BCUT2D eigenvalue weighted by Crippen LogP contribution is -2.41. The quantitative estimate of drug-likeness (QED) is 0.855. The number of hydrogen-bond donors (Lipinski definition) is 1. The number of carbonyl (C=O) groups is 1. The molecule has 4 nitrogen and oxygen atoms in total. The van der Waals surface area contributed by atoms with Crippen LogP contribution in [-0.2, 0) is 4.79 Å². The summed E-state index contributed by atoms with van der Waals surface area (Å²) in [6.07, 6.45) is 0. The highest BCUT2D eigenvalue weighted by Crippen LogP contribution is 2.20. The lowest BCUT2D eigenvalue weighted by molar-refractivity contribution is -0.135. The fraction of sp³-hybridized carbons (Fsp3) is 0.533. The second-order valence-corrected chi connectivity index (χ2v) is 4.89. The van der Waals surface area contributed by atoms with Crippen molar-refractivity contribution in [3.63, 3.8) is 0 Å². The molecular weight excluding hydrogens is 242 g/mol. The Morgan fingerprint density at radius 1 is 1.37 bits per heavy atom. The Morgan fingerprint density at radius 3 is 2.63 bits per heavy atom. The van der Waals surface area contributed by atoms with Gasteiger partial charge in [-0.25, -0.2) is 0 Å². The molecule has 0 bridgehead atoms. The largest absolute Gasteiger partial charge is 0.483 e. The molecule has 1 rings (SSSR count). The highest BCUT2D eigenvalue weighted by molar-refractivity contribution is 5.78. The number of benzene rings is 1. The van der Waals surface area contributed by atoms with E-state index in [0.717, 1.165) is 16.9 Å². The monoisotopic (exact) mass is 265 g/mol. The van der Waals surface area contributed by atoms with Crippen molar-refractivity contribution in [2.45, 2.75) is 33.7 Å². The molecule has 4 heteroatoms. The Kier molecular flexibility index (Phi) is 5.83. The third-order valence-electron chi connectivity index (χ3n) is 3.19. The van der Waals surface area contributed by atoms with Gasteiger partial charge in [0.2, 0.25) is 0 Å². The van der Waals surface area contributed by atoms with Gasteiger partial charge in [0.25, 0.3) is 5.91 Å². The molecule has 0 heterocycles. The summed E-state index contributed by atoms with van der Waals surface area (Å²) >= 11 is 0. The molecule has 0 spiro atoms. The Balaban J connectivity index is 2.65. The summed E-state index contributed by atoms with van der Waals surface area (Å²) in [7, 11) is 0. The second kappa shape index (κ2) is 7.14. The van der Waals surface area contributed by atoms with Crippen LogP contribution in [0.3, 0.4) is 0 Å². The normalized spacial score (nSPS) is 10.6. The van der Waals surface area contributed by atoms with Crippen molar-refractivity contribution < 1.29 is 14.6 Å². The highest BCUT2D eigenvalue weighted by atomic mass is 16.5. The molecule has 0 aliphatic heterocycles. The molecule has 19 heavy (non-hydrogen) atoms. The van der Waals surface area contributed by atoms with Gasteiger partial charge in [-0.05, 0) is 44.9 Å². The molecule has 0 aliphatic rings. The van der Waals surface area contributed by atoms with Crippen LogP contribution in [0.15, 0.2) is 18.2 Å². The van der Waals surface area contributed by atoms with E-state index in [1.807, 2.05) is 45.9 Å². The molecule has 1 aromatic carbocycles. The van der Waals surface area contributed by atoms with Crippen molar-refractivity contribution in [1.82, 2.24) is 4.90 Å². The van der Waals surface area contributed by atoms with E-state index >= 15 is 0 Å².